The number of amides is 2. The number of rotatable bonds is 9. The van der Waals surface area contributed by atoms with E-state index in [-0.39, 0.29) is 18.4 Å². The predicted octanol–water partition coefficient (Wildman–Crippen LogP) is 3.35. The summed E-state index contributed by atoms with van der Waals surface area (Å²) < 4.78 is 5.60. The fraction of sp³-hybridized carbons (Fsp3) is 0.167. The molecule has 2 N–H and O–H groups in total. The van der Waals surface area contributed by atoms with Crippen LogP contribution in [0.4, 0.5) is 0 Å². The molecule has 0 radical (unpaired) electrons. The summed E-state index contributed by atoms with van der Waals surface area (Å²) in [7, 11) is 0. The zero-order valence-corrected chi connectivity index (χ0v) is 16.1. The van der Waals surface area contributed by atoms with Gasteiger partial charge in [-0.2, -0.15) is 0 Å². The number of para-hydroxylation sites is 1. The number of carbonyl (C=O) groups excluding carboxylic acids is 2. The molecule has 0 aliphatic heterocycles. The van der Waals surface area contributed by atoms with Gasteiger partial charge in [0.25, 0.3) is 11.8 Å². The highest BCUT2D eigenvalue weighted by atomic mass is 16.5. The van der Waals surface area contributed by atoms with Crippen molar-refractivity contribution in [3.63, 3.8) is 0 Å². The van der Waals surface area contributed by atoms with Gasteiger partial charge >= 0.3 is 0 Å². The number of nitrogens with one attached hydrogen (secondary N) is 2. The maximum Gasteiger partial charge on any atom is 0.257 e. The third-order valence-electron chi connectivity index (χ3n) is 4.37. The molecule has 0 saturated carbocycles. The smallest absolute Gasteiger partial charge is 0.257 e. The highest BCUT2D eigenvalue weighted by molar-refractivity contribution is 5.97. The van der Waals surface area contributed by atoms with Crippen LogP contribution >= 0.6 is 0 Å². The number of hydrogen-bond donors (Lipinski definition) is 2. The lowest BCUT2D eigenvalue weighted by Gasteiger charge is -2.12. The molecule has 0 unspecified atom stereocenters. The first-order valence-corrected chi connectivity index (χ1v) is 9.57. The van der Waals surface area contributed by atoms with Crippen molar-refractivity contribution in [1.82, 2.24) is 10.6 Å². The van der Waals surface area contributed by atoms with Crippen LogP contribution in [0.5, 0.6) is 5.75 Å². The Balaban J connectivity index is 1.48. The van der Waals surface area contributed by atoms with Gasteiger partial charge < -0.3 is 15.4 Å². The summed E-state index contributed by atoms with van der Waals surface area (Å²) in [5.74, 6) is -0.0781. The van der Waals surface area contributed by atoms with Crippen LogP contribution in [0.15, 0.2) is 84.9 Å². The van der Waals surface area contributed by atoms with E-state index in [4.69, 9.17) is 4.74 Å². The molecule has 0 heterocycles. The van der Waals surface area contributed by atoms with Crippen LogP contribution in [-0.2, 0) is 17.8 Å². The van der Waals surface area contributed by atoms with Gasteiger partial charge in [-0.05, 0) is 29.7 Å². The highest BCUT2D eigenvalue weighted by Gasteiger charge is 2.13. The van der Waals surface area contributed by atoms with Gasteiger partial charge in [-0.25, -0.2) is 0 Å². The van der Waals surface area contributed by atoms with Gasteiger partial charge in [0.15, 0.2) is 6.61 Å². The number of hydrogen-bond acceptors (Lipinski definition) is 3. The van der Waals surface area contributed by atoms with E-state index in [0.29, 0.717) is 24.4 Å². The lowest BCUT2D eigenvalue weighted by atomic mass is 10.1. The molecular formula is C24H24N2O3. The highest BCUT2D eigenvalue weighted by Crippen LogP contribution is 2.18. The van der Waals surface area contributed by atoms with Crippen LogP contribution in [0.25, 0.3) is 0 Å². The van der Waals surface area contributed by atoms with Crippen molar-refractivity contribution in [3.8, 4) is 5.75 Å². The van der Waals surface area contributed by atoms with E-state index >= 15 is 0 Å². The van der Waals surface area contributed by atoms with Crippen LogP contribution in [0.3, 0.4) is 0 Å². The quantitative estimate of drug-likeness (QED) is 0.591. The van der Waals surface area contributed by atoms with E-state index < -0.39 is 0 Å². The Morgan fingerprint density at radius 1 is 0.724 bits per heavy atom. The van der Waals surface area contributed by atoms with Crippen LogP contribution in [0.1, 0.15) is 21.5 Å². The maximum atomic E-state index is 12.5. The van der Waals surface area contributed by atoms with E-state index in [2.05, 4.69) is 10.6 Å². The first kappa shape index (κ1) is 20.1. The fourth-order valence-corrected chi connectivity index (χ4v) is 2.84. The molecule has 0 bridgehead atoms. The molecule has 0 aliphatic carbocycles. The monoisotopic (exact) mass is 388 g/mol. The van der Waals surface area contributed by atoms with Crippen LogP contribution < -0.4 is 15.4 Å². The standard InChI is InChI=1S/C24H24N2O3/c27-23(25-16-15-19-9-3-1-4-10-19)18-29-22-14-8-7-13-21(22)24(28)26-17-20-11-5-2-6-12-20/h1-14H,15-18H2,(H,25,27)(H,26,28). The van der Waals surface area contributed by atoms with Crippen molar-refractivity contribution in [2.24, 2.45) is 0 Å². The molecule has 0 aromatic heterocycles. The van der Waals surface area contributed by atoms with E-state index in [1.54, 1.807) is 24.3 Å². The largest absolute Gasteiger partial charge is 0.483 e. The van der Waals surface area contributed by atoms with Crippen molar-refractivity contribution < 1.29 is 14.3 Å². The van der Waals surface area contributed by atoms with Crippen molar-refractivity contribution in [1.29, 1.82) is 0 Å². The third-order valence-corrected chi connectivity index (χ3v) is 4.37. The molecule has 2 amide bonds. The molecule has 0 aliphatic rings. The number of carbonyl (C=O) groups is 2. The van der Waals surface area contributed by atoms with Crippen molar-refractivity contribution in [3.05, 3.63) is 102 Å². The van der Waals surface area contributed by atoms with Gasteiger partial charge in [0, 0.05) is 13.1 Å². The van der Waals surface area contributed by atoms with Crippen molar-refractivity contribution in [2.75, 3.05) is 13.2 Å². The lowest BCUT2D eigenvalue weighted by Crippen LogP contribution is -2.31. The lowest BCUT2D eigenvalue weighted by molar-refractivity contribution is -0.123. The topological polar surface area (TPSA) is 67.4 Å². The fourth-order valence-electron chi connectivity index (χ4n) is 2.84. The van der Waals surface area contributed by atoms with Gasteiger partial charge in [-0.15, -0.1) is 0 Å². The molecule has 5 heteroatoms. The molecule has 0 fully saturated rings. The van der Waals surface area contributed by atoms with Crippen LogP contribution in [-0.4, -0.2) is 25.0 Å². The summed E-state index contributed by atoms with van der Waals surface area (Å²) >= 11 is 0. The molecular weight excluding hydrogens is 364 g/mol. The maximum absolute atomic E-state index is 12.5. The van der Waals surface area contributed by atoms with Gasteiger partial charge in [0.05, 0.1) is 5.56 Å². The van der Waals surface area contributed by atoms with E-state index in [1.807, 2.05) is 60.7 Å². The van der Waals surface area contributed by atoms with Crippen molar-refractivity contribution >= 4 is 11.8 Å². The van der Waals surface area contributed by atoms with E-state index in [0.717, 1.165) is 17.5 Å². The minimum absolute atomic E-state index is 0.141. The first-order chi connectivity index (χ1) is 14.2. The Labute approximate surface area is 170 Å². The number of benzene rings is 3. The Morgan fingerprint density at radius 3 is 2.07 bits per heavy atom. The molecule has 3 aromatic carbocycles. The summed E-state index contributed by atoms with van der Waals surface area (Å²) in [6, 6.07) is 26.5. The zero-order valence-electron chi connectivity index (χ0n) is 16.1. The minimum atomic E-state index is -0.242. The Bertz CT molecular complexity index is 927. The second kappa shape index (κ2) is 10.7. The van der Waals surface area contributed by atoms with Crippen molar-refractivity contribution in [2.45, 2.75) is 13.0 Å². The molecule has 3 aromatic rings. The summed E-state index contributed by atoms with van der Waals surface area (Å²) in [4.78, 5) is 24.6. The van der Waals surface area contributed by atoms with Gasteiger partial charge in [-0.3, -0.25) is 9.59 Å². The van der Waals surface area contributed by atoms with Gasteiger partial charge in [0.1, 0.15) is 5.75 Å². The Morgan fingerprint density at radius 2 is 1.34 bits per heavy atom. The molecule has 0 atom stereocenters. The summed E-state index contributed by atoms with van der Waals surface area (Å²) in [6.45, 7) is 0.817. The molecule has 0 spiro atoms. The van der Waals surface area contributed by atoms with E-state index in [9.17, 15) is 9.59 Å². The summed E-state index contributed by atoms with van der Waals surface area (Å²) in [6.07, 6.45) is 0.755. The third kappa shape index (κ3) is 6.50. The van der Waals surface area contributed by atoms with Crippen LogP contribution in [0, 0.1) is 0 Å². The molecule has 0 saturated heterocycles. The zero-order chi connectivity index (χ0) is 20.3. The molecule has 5 nitrogen and oxygen atoms in total. The van der Waals surface area contributed by atoms with E-state index in [1.165, 1.54) is 0 Å². The molecule has 148 valence electrons. The SMILES string of the molecule is O=C(COc1ccccc1C(=O)NCc1ccccc1)NCCc1ccccc1. The molecule has 29 heavy (non-hydrogen) atoms. The van der Waals surface area contributed by atoms with Gasteiger partial charge in [0.2, 0.25) is 0 Å². The van der Waals surface area contributed by atoms with Crippen LogP contribution in [0.2, 0.25) is 0 Å². The Hall–Kier alpha value is -3.60. The molecule has 3 rings (SSSR count). The second-order valence-electron chi connectivity index (χ2n) is 6.54. The first-order valence-electron chi connectivity index (χ1n) is 9.57. The average molecular weight is 388 g/mol. The second-order valence-corrected chi connectivity index (χ2v) is 6.54. The summed E-state index contributed by atoms with van der Waals surface area (Å²) in [5.41, 5.74) is 2.58. The summed E-state index contributed by atoms with van der Waals surface area (Å²) in [5, 5.41) is 5.71. The predicted molar refractivity (Wildman–Crippen MR) is 113 cm³/mol. The minimum Gasteiger partial charge on any atom is -0.483 e. The number of ether oxygens (including phenoxy) is 1. The average Bonchev–Trinajstić information content (AvgIpc) is 2.78. The normalized spacial score (nSPS) is 10.2. The Kier molecular flexibility index (Phi) is 7.41. The van der Waals surface area contributed by atoms with Gasteiger partial charge in [-0.1, -0.05) is 72.8 Å².